The van der Waals surface area contributed by atoms with Gasteiger partial charge in [-0.25, -0.2) is 8.78 Å². The van der Waals surface area contributed by atoms with Crippen LogP contribution in [0.3, 0.4) is 0 Å². The predicted octanol–water partition coefficient (Wildman–Crippen LogP) is 2.58. The van der Waals surface area contributed by atoms with Crippen LogP contribution >= 0.6 is 0 Å². The second-order valence-corrected chi connectivity index (χ2v) is 3.17. The number of aromatic nitrogens is 2. The van der Waals surface area contributed by atoms with Crippen LogP contribution in [0.25, 0.3) is 6.08 Å². The molecule has 0 fully saturated rings. The van der Waals surface area contributed by atoms with Crippen LogP contribution in [-0.4, -0.2) is 10.1 Å². The maximum atomic E-state index is 13.3. The average Bonchev–Trinajstić information content (AvgIpc) is 2.70. The molecule has 0 radical (unpaired) electrons. The van der Waals surface area contributed by atoms with Gasteiger partial charge in [0.1, 0.15) is 11.6 Å². The average molecular weight is 222 g/mol. The summed E-state index contributed by atoms with van der Waals surface area (Å²) in [5.74, 6) is -0.621. The van der Waals surface area contributed by atoms with Crippen LogP contribution in [0.15, 0.2) is 29.3 Å². The number of hydrogen-bond donors (Lipinski definition) is 0. The van der Waals surface area contributed by atoms with Gasteiger partial charge in [0.05, 0.1) is 0 Å². The van der Waals surface area contributed by atoms with E-state index >= 15 is 0 Å². The van der Waals surface area contributed by atoms with Gasteiger partial charge in [0.25, 0.3) is 0 Å². The molecule has 0 amide bonds. The van der Waals surface area contributed by atoms with Gasteiger partial charge >= 0.3 is 0 Å². The molecule has 0 aliphatic carbocycles. The van der Waals surface area contributed by atoms with Gasteiger partial charge in [-0.3, -0.25) is 0 Å². The first-order chi connectivity index (χ1) is 7.69. The third-order valence-electron chi connectivity index (χ3n) is 2.02. The van der Waals surface area contributed by atoms with Gasteiger partial charge in [-0.15, -0.1) is 0 Å². The van der Waals surface area contributed by atoms with Crippen molar-refractivity contribution in [3.63, 3.8) is 0 Å². The second kappa shape index (κ2) is 4.22. The fraction of sp³-hybridized carbons (Fsp3) is 0.0909. The minimum absolute atomic E-state index is 0.156. The molecule has 2 aromatic rings. The molecule has 0 aliphatic heterocycles. The maximum absolute atomic E-state index is 13.3. The summed E-state index contributed by atoms with van der Waals surface area (Å²) in [5.41, 5.74) is 0.317. The summed E-state index contributed by atoms with van der Waals surface area (Å²) in [6.07, 6.45) is 1.56. The molecule has 0 saturated carbocycles. The molecule has 0 spiro atoms. The standard InChI is InChI=1S/C11H8F2N2O/c1-2-11-14-10(15-16-11)5-7-3-4-8(12)6-9(7)13/h2-4,6H,1,5H2. The van der Waals surface area contributed by atoms with E-state index in [2.05, 4.69) is 16.7 Å². The van der Waals surface area contributed by atoms with Gasteiger partial charge in [0.15, 0.2) is 5.82 Å². The zero-order valence-electron chi connectivity index (χ0n) is 8.28. The lowest BCUT2D eigenvalue weighted by Crippen LogP contribution is -1.95. The quantitative estimate of drug-likeness (QED) is 0.801. The molecule has 16 heavy (non-hydrogen) atoms. The lowest BCUT2D eigenvalue weighted by molar-refractivity contribution is 0.404. The summed E-state index contributed by atoms with van der Waals surface area (Å²) in [4.78, 5) is 3.93. The Labute approximate surface area is 90.4 Å². The SMILES string of the molecule is C=Cc1nc(Cc2ccc(F)cc2F)no1. The summed E-state index contributed by atoms with van der Waals surface area (Å²) < 4.78 is 30.7. The normalized spacial score (nSPS) is 10.4. The minimum atomic E-state index is -0.620. The molecule has 82 valence electrons. The van der Waals surface area contributed by atoms with Gasteiger partial charge in [0.2, 0.25) is 5.89 Å². The van der Waals surface area contributed by atoms with E-state index in [0.717, 1.165) is 6.07 Å². The lowest BCUT2D eigenvalue weighted by atomic mass is 10.1. The van der Waals surface area contributed by atoms with Crippen molar-refractivity contribution in [2.45, 2.75) is 6.42 Å². The molecule has 0 N–H and O–H groups in total. The Kier molecular flexibility index (Phi) is 2.76. The fourth-order valence-corrected chi connectivity index (χ4v) is 1.26. The first-order valence-electron chi connectivity index (χ1n) is 4.58. The van der Waals surface area contributed by atoms with Crippen molar-refractivity contribution >= 4 is 6.08 Å². The summed E-state index contributed by atoms with van der Waals surface area (Å²) in [5, 5.41) is 3.63. The molecule has 0 atom stereocenters. The Balaban J connectivity index is 2.23. The second-order valence-electron chi connectivity index (χ2n) is 3.17. The minimum Gasteiger partial charge on any atom is -0.335 e. The molecular weight excluding hydrogens is 214 g/mol. The van der Waals surface area contributed by atoms with Gasteiger partial charge in [-0.1, -0.05) is 17.8 Å². The van der Waals surface area contributed by atoms with Gasteiger partial charge in [0, 0.05) is 12.5 Å². The van der Waals surface area contributed by atoms with Crippen molar-refractivity contribution in [1.82, 2.24) is 10.1 Å². The zero-order chi connectivity index (χ0) is 11.5. The summed E-state index contributed by atoms with van der Waals surface area (Å²) in [7, 11) is 0. The van der Waals surface area contributed by atoms with Crippen LogP contribution < -0.4 is 0 Å². The van der Waals surface area contributed by atoms with Crippen molar-refractivity contribution in [3.05, 3.63) is 53.7 Å². The van der Waals surface area contributed by atoms with Crippen LogP contribution in [0.2, 0.25) is 0 Å². The molecule has 0 unspecified atom stereocenters. The van der Waals surface area contributed by atoms with Crippen molar-refractivity contribution in [3.8, 4) is 0 Å². The molecule has 1 aromatic heterocycles. The van der Waals surface area contributed by atoms with Crippen molar-refractivity contribution in [2.75, 3.05) is 0 Å². The third kappa shape index (κ3) is 2.13. The molecule has 0 aliphatic rings. The fourth-order valence-electron chi connectivity index (χ4n) is 1.26. The van der Waals surface area contributed by atoms with Crippen LogP contribution in [0.4, 0.5) is 8.78 Å². The highest BCUT2D eigenvalue weighted by molar-refractivity contribution is 5.33. The first kappa shape index (κ1) is 10.5. The van der Waals surface area contributed by atoms with E-state index in [1.165, 1.54) is 18.2 Å². The van der Waals surface area contributed by atoms with Crippen LogP contribution in [0.5, 0.6) is 0 Å². The highest BCUT2D eigenvalue weighted by Gasteiger charge is 2.09. The largest absolute Gasteiger partial charge is 0.335 e. The Bertz CT molecular complexity index is 522. The van der Waals surface area contributed by atoms with E-state index in [1.54, 1.807) is 0 Å². The van der Waals surface area contributed by atoms with Crippen molar-refractivity contribution < 1.29 is 13.3 Å². The highest BCUT2D eigenvalue weighted by Crippen LogP contribution is 2.13. The number of hydrogen-bond acceptors (Lipinski definition) is 3. The maximum Gasteiger partial charge on any atom is 0.250 e. The summed E-state index contributed by atoms with van der Waals surface area (Å²) in [6, 6.07) is 3.37. The Hall–Kier alpha value is -2.04. The van der Waals surface area contributed by atoms with Crippen LogP contribution in [0, 0.1) is 11.6 Å². The van der Waals surface area contributed by atoms with Gasteiger partial charge in [-0.05, 0) is 17.7 Å². The summed E-state index contributed by atoms with van der Waals surface area (Å²) >= 11 is 0. The smallest absolute Gasteiger partial charge is 0.250 e. The third-order valence-corrected chi connectivity index (χ3v) is 2.02. The summed E-state index contributed by atoms with van der Waals surface area (Å²) in [6.45, 7) is 3.46. The van der Waals surface area contributed by atoms with Gasteiger partial charge < -0.3 is 4.52 Å². The zero-order valence-corrected chi connectivity index (χ0v) is 8.28. The number of nitrogens with zero attached hydrogens (tertiary/aromatic N) is 2. The Morgan fingerprint density at radius 1 is 1.38 bits per heavy atom. The lowest BCUT2D eigenvalue weighted by Gasteiger charge is -1.98. The molecule has 1 aromatic carbocycles. The van der Waals surface area contributed by atoms with Crippen LogP contribution in [-0.2, 0) is 6.42 Å². The molecule has 0 saturated heterocycles. The van der Waals surface area contributed by atoms with Gasteiger partial charge in [-0.2, -0.15) is 4.98 Å². The number of benzene rings is 1. The van der Waals surface area contributed by atoms with Crippen molar-refractivity contribution in [2.24, 2.45) is 0 Å². The highest BCUT2D eigenvalue weighted by atomic mass is 19.1. The van der Waals surface area contributed by atoms with E-state index in [-0.39, 0.29) is 12.3 Å². The molecular formula is C11H8F2N2O. The molecule has 0 bridgehead atoms. The monoisotopic (exact) mass is 222 g/mol. The van der Waals surface area contributed by atoms with E-state index in [4.69, 9.17) is 4.52 Å². The molecule has 3 nitrogen and oxygen atoms in total. The van der Waals surface area contributed by atoms with Crippen LogP contribution in [0.1, 0.15) is 17.3 Å². The van der Waals surface area contributed by atoms with E-state index < -0.39 is 11.6 Å². The topological polar surface area (TPSA) is 38.9 Å². The molecule has 2 rings (SSSR count). The Morgan fingerprint density at radius 3 is 2.81 bits per heavy atom. The number of rotatable bonds is 3. The molecule has 1 heterocycles. The molecule has 5 heteroatoms. The van der Waals surface area contributed by atoms with E-state index in [0.29, 0.717) is 11.4 Å². The van der Waals surface area contributed by atoms with Crippen molar-refractivity contribution in [1.29, 1.82) is 0 Å². The Morgan fingerprint density at radius 2 is 2.19 bits per heavy atom. The predicted molar refractivity (Wildman–Crippen MR) is 53.6 cm³/mol. The van der Waals surface area contributed by atoms with E-state index in [1.807, 2.05) is 0 Å². The first-order valence-corrected chi connectivity index (χ1v) is 4.58. The number of halogens is 2. The van der Waals surface area contributed by atoms with E-state index in [9.17, 15) is 8.78 Å².